The van der Waals surface area contributed by atoms with Crippen molar-refractivity contribution in [2.75, 3.05) is 0 Å². The van der Waals surface area contributed by atoms with Crippen LogP contribution in [0.3, 0.4) is 0 Å². The SMILES string of the molecule is C/C=C/Cn1nc(CCc2ccccc2)nc1Cc1ccc(-c2ccccc2C(=O)O)cc1. The highest BCUT2D eigenvalue weighted by molar-refractivity contribution is 5.95. The zero-order chi connectivity index (χ0) is 23.0. The van der Waals surface area contributed by atoms with Crippen LogP contribution in [0.2, 0.25) is 0 Å². The van der Waals surface area contributed by atoms with Crippen LogP contribution in [0.1, 0.15) is 40.1 Å². The van der Waals surface area contributed by atoms with Crippen molar-refractivity contribution >= 4 is 5.97 Å². The van der Waals surface area contributed by atoms with E-state index in [0.717, 1.165) is 41.2 Å². The van der Waals surface area contributed by atoms with Crippen LogP contribution in [0.5, 0.6) is 0 Å². The largest absolute Gasteiger partial charge is 0.478 e. The summed E-state index contributed by atoms with van der Waals surface area (Å²) in [5, 5.41) is 14.2. The first kappa shape index (κ1) is 22.2. The zero-order valence-corrected chi connectivity index (χ0v) is 18.7. The van der Waals surface area contributed by atoms with E-state index in [9.17, 15) is 9.90 Å². The number of carboxylic acids is 1. The minimum Gasteiger partial charge on any atom is -0.478 e. The third-order valence-corrected chi connectivity index (χ3v) is 5.57. The van der Waals surface area contributed by atoms with Gasteiger partial charge in [-0.25, -0.2) is 14.5 Å². The summed E-state index contributed by atoms with van der Waals surface area (Å²) in [5.74, 6) is 0.856. The Kier molecular flexibility index (Phi) is 7.10. The highest BCUT2D eigenvalue weighted by Crippen LogP contribution is 2.24. The van der Waals surface area contributed by atoms with Crippen LogP contribution in [0, 0.1) is 0 Å². The van der Waals surface area contributed by atoms with Gasteiger partial charge in [0.15, 0.2) is 5.82 Å². The van der Waals surface area contributed by atoms with Gasteiger partial charge < -0.3 is 5.11 Å². The van der Waals surface area contributed by atoms with Crippen LogP contribution >= 0.6 is 0 Å². The van der Waals surface area contributed by atoms with E-state index in [2.05, 4.69) is 30.3 Å². The first-order valence-electron chi connectivity index (χ1n) is 11.1. The van der Waals surface area contributed by atoms with Crippen molar-refractivity contribution in [1.82, 2.24) is 14.8 Å². The smallest absolute Gasteiger partial charge is 0.336 e. The molecule has 0 aliphatic heterocycles. The van der Waals surface area contributed by atoms with Gasteiger partial charge in [-0.2, -0.15) is 5.10 Å². The molecule has 166 valence electrons. The number of benzene rings is 3. The zero-order valence-electron chi connectivity index (χ0n) is 18.7. The maximum absolute atomic E-state index is 11.5. The number of carboxylic acid groups (broad SMARTS) is 1. The Morgan fingerprint density at radius 1 is 0.909 bits per heavy atom. The van der Waals surface area contributed by atoms with E-state index in [-0.39, 0.29) is 0 Å². The summed E-state index contributed by atoms with van der Waals surface area (Å²) in [6.07, 6.45) is 6.46. The highest BCUT2D eigenvalue weighted by atomic mass is 16.4. The molecular weight excluding hydrogens is 410 g/mol. The third-order valence-electron chi connectivity index (χ3n) is 5.57. The average molecular weight is 438 g/mol. The fourth-order valence-electron chi connectivity index (χ4n) is 3.82. The lowest BCUT2D eigenvalue weighted by Crippen LogP contribution is -2.05. The Hall–Kier alpha value is -3.99. The minimum atomic E-state index is -0.921. The van der Waals surface area contributed by atoms with Gasteiger partial charge in [0.25, 0.3) is 0 Å². The molecule has 1 aromatic heterocycles. The molecule has 0 aliphatic rings. The Morgan fingerprint density at radius 2 is 1.64 bits per heavy atom. The molecule has 1 heterocycles. The molecule has 0 spiro atoms. The second-order valence-electron chi connectivity index (χ2n) is 7.91. The summed E-state index contributed by atoms with van der Waals surface area (Å²) in [7, 11) is 0. The lowest BCUT2D eigenvalue weighted by molar-refractivity contribution is 0.0697. The van der Waals surface area contributed by atoms with Crippen molar-refractivity contribution in [3.8, 4) is 11.1 Å². The molecule has 4 aromatic rings. The summed E-state index contributed by atoms with van der Waals surface area (Å²) in [6.45, 7) is 2.69. The van der Waals surface area contributed by atoms with E-state index in [4.69, 9.17) is 10.1 Å². The monoisotopic (exact) mass is 437 g/mol. The molecular formula is C28H27N3O2. The molecule has 0 aliphatic carbocycles. The molecule has 5 heteroatoms. The van der Waals surface area contributed by atoms with E-state index < -0.39 is 5.97 Å². The molecule has 4 rings (SSSR count). The number of hydrogen-bond acceptors (Lipinski definition) is 3. The average Bonchev–Trinajstić information content (AvgIpc) is 3.24. The lowest BCUT2D eigenvalue weighted by Gasteiger charge is -2.08. The number of carbonyl (C=O) groups is 1. The van der Waals surface area contributed by atoms with Gasteiger partial charge in [0, 0.05) is 12.8 Å². The lowest BCUT2D eigenvalue weighted by atomic mass is 9.98. The molecule has 0 saturated carbocycles. The molecule has 0 amide bonds. The molecule has 33 heavy (non-hydrogen) atoms. The Morgan fingerprint density at radius 3 is 2.36 bits per heavy atom. The van der Waals surface area contributed by atoms with Crippen molar-refractivity contribution < 1.29 is 9.90 Å². The number of nitrogens with zero attached hydrogens (tertiary/aromatic N) is 3. The standard InChI is InChI=1S/C28H27N3O2/c1-2-3-19-31-27(29-26(30-31)18-15-21-9-5-4-6-10-21)20-22-13-16-23(17-14-22)24-11-7-8-12-25(24)28(32)33/h2-14,16-17H,15,18-20H2,1H3,(H,32,33)/b3-2+. The quantitative estimate of drug-likeness (QED) is 0.346. The molecule has 3 aromatic carbocycles. The number of hydrogen-bond donors (Lipinski definition) is 1. The van der Waals surface area contributed by atoms with Gasteiger partial charge in [0.2, 0.25) is 0 Å². The second-order valence-corrected chi connectivity index (χ2v) is 7.91. The number of aromatic carboxylic acids is 1. The highest BCUT2D eigenvalue weighted by Gasteiger charge is 2.13. The van der Waals surface area contributed by atoms with Crippen LogP contribution < -0.4 is 0 Å². The van der Waals surface area contributed by atoms with Crippen molar-refractivity contribution in [3.05, 3.63) is 119 Å². The molecule has 0 radical (unpaired) electrons. The maximum atomic E-state index is 11.5. The fourth-order valence-corrected chi connectivity index (χ4v) is 3.82. The minimum absolute atomic E-state index is 0.305. The van der Waals surface area contributed by atoms with E-state index in [0.29, 0.717) is 18.5 Å². The number of aryl methyl sites for hydroxylation is 2. The van der Waals surface area contributed by atoms with Gasteiger partial charge in [0.05, 0.1) is 12.1 Å². The van der Waals surface area contributed by atoms with Crippen LogP contribution in [-0.2, 0) is 25.8 Å². The molecule has 1 N–H and O–H groups in total. The third kappa shape index (κ3) is 5.63. The normalized spacial score (nSPS) is 11.2. The Labute approximate surface area is 194 Å². The van der Waals surface area contributed by atoms with Crippen molar-refractivity contribution in [2.45, 2.75) is 32.7 Å². The predicted molar refractivity (Wildman–Crippen MR) is 130 cm³/mol. The van der Waals surface area contributed by atoms with Gasteiger partial charge in [0.1, 0.15) is 5.82 Å². The maximum Gasteiger partial charge on any atom is 0.336 e. The van der Waals surface area contributed by atoms with Gasteiger partial charge >= 0.3 is 5.97 Å². The molecule has 0 fully saturated rings. The van der Waals surface area contributed by atoms with E-state index in [1.807, 2.05) is 60.1 Å². The van der Waals surface area contributed by atoms with Gasteiger partial charge in [-0.3, -0.25) is 0 Å². The molecule has 0 saturated heterocycles. The number of allylic oxidation sites excluding steroid dienone is 2. The predicted octanol–water partition coefficient (Wildman–Crippen LogP) is 5.60. The van der Waals surface area contributed by atoms with E-state index >= 15 is 0 Å². The summed E-state index contributed by atoms with van der Waals surface area (Å²) in [6, 6.07) is 25.5. The van der Waals surface area contributed by atoms with E-state index in [1.54, 1.807) is 12.1 Å². The van der Waals surface area contributed by atoms with Gasteiger partial charge in [-0.05, 0) is 41.7 Å². The van der Waals surface area contributed by atoms with Gasteiger partial charge in [-0.15, -0.1) is 0 Å². The van der Waals surface area contributed by atoms with Crippen molar-refractivity contribution in [3.63, 3.8) is 0 Å². The fraction of sp³-hybridized carbons (Fsp3) is 0.179. The van der Waals surface area contributed by atoms with Gasteiger partial charge in [-0.1, -0.05) is 84.9 Å². The van der Waals surface area contributed by atoms with E-state index in [1.165, 1.54) is 5.56 Å². The molecule has 0 unspecified atom stereocenters. The molecule has 0 atom stereocenters. The molecule has 0 bridgehead atoms. The van der Waals surface area contributed by atoms with Crippen LogP contribution in [-0.4, -0.2) is 25.8 Å². The van der Waals surface area contributed by atoms with Crippen molar-refractivity contribution in [2.24, 2.45) is 0 Å². The summed E-state index contributed by atoms with van der Waals surface area (Å²) in [4.78, 5) is 16.4. The van der Waals surface area contributed by atoms with Crippen molar-refractivity contribution in [1.29, 1.82) is 0 Å². The Bertz CT molecular complexity index is 1240. The topological polar surface area (TPSA) is 68.0 Å². The summed E-state index contributed by atoms with van der Waals surface area (Å²) in [5.41, 5.74) is 4.29. The summed E-state index contributed by atoms with van der Waals surface area (Å²) >= 11 is 0. The number of aromatic nitrogens is 3. The first-order valence-corrected chi connectivity index (χ1v) is 11.1. The first-order chi connectivity index (χ1) is 16.1. The van der Waals surface area contributed by atoms with Crippen LogP contribution in [0.25, 0.3) is 11.1 Å². The van der Waals surface area contributed by atoms with Crippen LogP contribution in [0.15, 0.2) is 91.0 Å². The van der Waals surface area contributed by atoms with Crippen LogP contribution in [0.4, 0.5) is 0 Å². The number of rotatable bonds is 9. The second kappa shape index (κ2) is 10.6. The summed E-state index contributed by atoms with van der Waals surface area (Å²) < 4.78 is 1.97. The Balaban J connectivity index is 1.52. The molecule has 5 nitrogen and oxygen atoms in total.